The highest BCUT2D eigenvalue weighted by Crippen LogP contribution is 2.29. The molecule has 0 radical (unpaired) electrons. The normalized spacial score (nSPS) is 16.6. The van der Waals surface area contributed by atoms with Crippen LogP contribution in [0.5, 0.6) is 0 Å². The highest BCUT2D eigenvalue weighted by Gasteiger charge is 2.35. The summed E-state index contributed by atoms with van der Waals surface area (Å²) in [5, 5.41) is 12.0. The molecule has 0 heterocycles. The van der Waals surface area contributed by atoms with Crippen LogP contribution >= 0.6 is 23.4 Å². The van der Waals surface area contributed by atoms with E-state index in [9.17, 15) is 14.4 Å². The molecule has 106 valence electrons. The lowest BCUT2D eigenvalue weighted by molar-refractivity contribution is -0.119. The van der Waals surface area contributed by atoms with Crippen LogP contribution in [0.3, 0.4) is 0 Å². The van der Waals surface area contributed by atoms with Crippen molar-refractivity contribution in [2.75, 3.05) is 5.75 Å². The third-order valence-corrected chi connectivity index (χ3v) is 4.59. The molecule has 3 nitrogen and oxygen atoms in total. The second-order valence-corrected chi connectivity index (χ2v) is 6.27. The minimum Gasteiger partial charge on any atom is -0.337 e. The van der Waals surface area contributed by atoms with Gasteiger partial charge in [-0.1, -0.05) is 11.6 Å². The molecular formula is C14H14ClFN2OS. The van der Waals surface area contributed by atoms with Crippen LogP contribution in [0.4, 0.5) is 4.39 Å². The van der Waals surface area contributed by atoms with Gasteiger partial charge < -0.3 is 5.32 Å². The predicted octanol–water partition coefficient (Wildman–Crippen LogP) is 3.52. The highest BCUT2D eigenvalue weighted by atomic mass is 35.5. The van der Waals surface area contributed by atoms with E-state index in [0.717, 1.165) is 17.7 Å². The first-order valence-corrected chi connectivity index (χ1v) is 7.71. The summed E-state index contributed by atoms with van der Waals surface area (Å²) >= 11 is 6.95. The number of carbonyl (C=O) groups excluding carboxylic acids is 1. The summed E-state index contributed by atoms with van der Waals surface area (Å²) in [5.41, 5.74) is -0.696. The Kier molecular flexibility index (Phi) is 4.90. The molecule has 6 heteroatoms. The topological polar surface area (TPSA) is 52.9 Å². The maximum atomic E-state index is 13.0. The van der Waals surface area contributed by atoms with Crippen molar-refractivity contribution in [2.45, 2.75) is 36.1 Å². The van der Waals surface area contributed by atoms with Gasteiger partial charge in [0, 0.05) is 4.90 Å². The molecule has 0 aliphatic heterocycles. The Morgan fingerprint density at radius 1 is 1.50 bits per heavy atom. The SMILES string of the molecule is N#CC1(NC(=O)CSc2ccc(F)c(Cl)c2)CCCC1. The van der Waals surface area contributed by atoms with Gasteiger partial charge in [0.25, 0.3) is 0 Å². The summed E-state index contributed by atoms with van der Waals surface area (Å²) in [7, 11) is 0. The number of carbonyl (C=O) groups is 1. The minimum absolute atomic E-state index is 0.0414. The first-order chi connectivity index (χ1) is 9.54. The molecule has 0 saturated heterocycles. The van der Waals surface area contributed by atoms with E-state index in [0.29, 0.717) is 12.8 Å². The van der Waals surface area contributed by atoms with Gasteiger partial charge in [0.1, 0.15) is 11.4 Å². The van der Waals surface area contributed by atoms with Crippen molar-refractivity contribution in [3.8, 4) is 6.07 Å². The van der Waals surface area contributed by atoms with E-state index >= 15 is 0 Å². The van der Waals surface area contributed by atoms with E-state index in [-0.39, 0.29) is 16.7 Å². The summed E-state index contributed by atoms with van der Waals surface area (Å²) in [6.45, 7) is 0. The summed E-state index contributed by atoms with van der Waals surface area (Å²) in [5.74, 6) is -0.473. The van der Waals surface area contributed by atoms with Crippen molar-refractivity contribution in [1.29, 1.82) is 5.26 Å². The number of amides is 1. The quantitative estimate of drug-likeness (QED) is 0.865. The van der Waals surface area contributed by atoms with Crippen molar-refractivity contribution < 1.29 is 9.18 Å². The predicted molar refractivity (Wildman–Crippen MR) is 77.1 cm³/mol. The number of hydrogen-bond donors (Lipinski definition) is 1. The van der Waals surface area contributed by atoms with E-state index in [2.05, 4.69) is 11.4 Å². The maximum Gasteiger partial charge on any atom is 0.231 e. The minimum atomic E-state index is -0.696. The molecule has 0 atom stereocenters. The summed E-state index contributed by atoms with van der Waals surface area (Å²) in [4.78, 5) is 12.6. The molecule has 0 aromatic heterocycles. The Morgan fingerprint density at radius 3 is 2.80 bits per heavy atom. The second kappa shape index (κ2) is 6.47. The molecule has 0 spiro atoms. The lowest BCUT2D eigenvalue weighted by Crippen LogP contribution is -2.45. The molecule has 20 heavy (non-hydrogen) atoms. The molecule has 1 amide bonds. The highest BCUT2D eigenvalue weighted by molar-refractivity contribution is 8.00. The number of nitriles is 1. The molecule has 1 aromatic carbocycles. The largest absolute Gasteiger partial charge is 0.337 e. The monoisotopic (exact) mass is 312 g/mol. The Hall–Kier alpha value is -1.25. The Bertz CT molecular complexity index is 553. The summed E-state index contributed by atoms with van der Waals surface area (Å²) < 4.78 is 13.0. The van der Waals surface area contributed by atoms with E-state index in [1.54, 1.807) is 6.07 Å². The van der Waals surface area contributed by atoms with Crippen LogP contribution < -0.4 is 5.32 Å². The summed E-state index contributed by atoms with van der Waals surface area (Å²) in [6, 6.07) is 6.55. The number of benzene rings is 1. The van der Waals surface area contributed by atoms with Crippen molar-refractivity contribution in [3.63, 3.8) is 0 Å². The number of hydrogen-bond acceptors (Lipinski definition) is 3. The standard InChI is InChI=1S/C14H14ClFN2OS/c15-11-7-10(3-4-12(11)16)20-8-13(19)18-14(9-17)5-1-2-6-14/h3-4,7H,1-2,5-6,8H2,(H,18,19). The Labute approximate surface area is 126 Å². The average molecular weight is 313 g/mol. The zero-order valence-corrected chi connectivity index (χ0v) is 12.4. The van der Waals surface area contributed by atoms with Crippen LogP contribution in [0.1, 0.15) is 25.7 Å². The fraction of sp³-hybridized carbons (Fsp3) is 0.429. The smallest absolute Gasteiger partial charge is 0.231 e. The van der Waals surface area contributed by atoms with Crippen LogP contribution in [0, 0.1) is 17.1 Å². The van der Waals surface area contributed by atoms with Gasteiger partial charge in [-0.15, -0.1) is 11.8 Å². The third-order valence-electron chi connectivity index (χ3n) is 3.31. The molecule has 1 fully saturated rings. The van der Waals surface area contributed by atoms with Gasteiger partial charge in [0.05, 0.1) is 16.8 Å². The van der Waals surface area contributed by atoms with Crippen LogP contribution in [-0.2, 0) is 4.79 Å². The van der Waals surface area contributed by atoms with Gasteiger partial charge in [-0.05, 0) is 43.9 Å². The number of nitrogens with zero attached hydrogens (tertiary/aromatic N) is 1. The van der Waals surface area contributed by atoms with E-state index < -0.39 is 11.4 Å². The van der Waals surface area contributed by atoms with Crippen molar-refractivity contribution >= 4 is 29.3 Å². The first-order valence-electron chi connectivity index (χ1n) is 6.35. The van der Waals surface area contributed by atoms with Crippen LogP contribution in [-0.4, -0.2) is 17.2 Å². The van der Waals surface area contributed by atoms with Gasteiger partial charge in [0.15, 0.2) is 0 Å². The second-order valence-electron chi connectivity index (χ2n) is 4.81. The molecule has 1 saturated carbocycles. The lowest BCUT2D eigenvalue weighted by Gasteiger charge is -2.21. The van der Waals surface area contributed by atoms with E-state index in [4.69, 9.17) is 11.6 Å². The first kappa shape index (κ1) is 15.1. The molecule has 0 unspecified atom stereocenters. The van der Waals surface area contributed by atoms with Gasteiger partial charge in [0.2, 0.25) is 5.91 Å². The Morgan fingerprint density at radius 2 is 2.20 bits per heavy atom. The number of rotatable bonds is 4. The fourth-order valence-corrected chi connectivity index (χ4v) is 3.24. The maximum absolute atomic E-state index is 13.0. The molecule has 0 bridgehead atoms. The van der Waals surface area contributed by atoms with Gasteiger partial charge >= 0.3 is 0 Å². The van der Waals surface area contributed by atoms with E-state index in [1.165, 1.54) is 23.9 Å². The summed E-state index contributed by atoms with van der Waals surface area (Å²) in [6.07, 6.45) is 3.35. The Balaban J connectivity index is 1.89. The van der Waals surface area contributed by atoms with Crippen molar-refractivity contribution in [3.05, 3.63) is 29.0 Å². The van der Waals surface area contributed by atoms with E-state index in [1.807, 2.05) is 0 Å². The van der Waals surface area contributed by atoms with Crippen molar-refractivity contribution in [1.82, 2.24) is 5.32 Å². The zero-order chi connectivity index (χ0) is 14.6. The van der Waals surface area contributed by atoms with Gasteiger partial charge in [-0.25, -0.2) is 4.39 Å². The van der Waals surface area contributed by atoms with Crippen LogP contribution in [0.15, 0.2) is 23.1 Å². The average Bonchev–Trinajstić information content (AvgIpc) is 2.89. The molecule has 2 rings (SSSR count). The molecular weight excluding hydrogens is 299 g/mol. The lowest BCUT2D eigenvalue weighted by atomic mass is 10.0. The molecule has 1 N–H and O–H groups in total. The van der Waals surface area contributed by atoms with Gasteiger partial charge in [-0.2, -0.15) is 5.26 Å². The third kappa shape index (κ3) is 3.65. The fourth-order valence-electron chi connectivity index (χ4n) is 2.26. The molecule has 1 aromatic rings. The molecule has 1 aliphatic carbocycles. The zero-order valence-electron chi connectivity index (χ0n) is 10.8. The van der Waals surface area contributed by atoms with Gasteiger partial charge in [-0.3, -0.25) is 4.79 Å². The molecule has 1 aliphatic rings. The number of thioether (sulfide) groups is 1. The number of nitrogens with one attached hydrogen (secondary N) is 1. The van der Waals surface area contributed by atoms with Crippen LogP contribution in [0.2, 0.25) is 5.02 Å². The van der Waals surface area contributed by atoms with Crippen molar-refractivity contribution in [2.24, 2.45) is 0 Å². The number of halogens is 2. The van der Waals surface area contributed by atoms with Crippen LogP contribution in [0.25, 0.3) is 0 Å².